The topological polar surface area (TPSA) is 70.0 Å². The molecule has 1 heterocycles. The molecule has 1 aliphatic heterocycles. The Bertz CT molecular complexity index is 720. The van der Waals surface area contributed by atoms with Gasteiger partial charge in [0.2, 0.25) is 0 Å². The van der Waals surface area contributed by atoms with Gasteiger partial charge in [-0.2, -0.15) is 0 Å². The number of rotatable bonds is 2. The van der Waals surface area contributed by atoms with Gasteiger partial charge in [0.25, 0.3) is 0 Å². The summed E-state index contributed by atoms with van der Waals surface area (Å²) in [6.07, 6.45) is -2.29. The fourth-order valence-corrected chi connectivity index (χ4v) is 3.60. The molecule has 1 saturated heterocycles. The fraction of sp³-hybridized carbons (Fsp3) is 0.316. The number of carbonyl (C=O) groups excluding carboxylic acids is 1. The van der Waals surface area contributed by atoms with Gasteiger partial charge in [-0.05, 0) is 22.3 Å². The molecule has 1 amide bonds. The standard InChI is InChI=1S/C19H19NO4/c21-17-9-20(10-18(17)22)19(23)24-11-16-14-7-3-1-5-12(14)13-6-2-4-8-15(13)16/h1-8,16-18,21-22H,9-11H2. The maximum absolute atomic E-state index is 12.2. The van der Waals surface area contributed by atoms with E-state index in [1.54, 1.807) is 0 Å². The van der Waals surface area contributed by atoms with E-state index in [1.807, 2.05) is 24.3 Å². The normalized spacial score (nSPS) is 22.3. The Labute approximate surface area is 140 Å². The SMILES string of the molecule is O=C(OCC1c2ccccc2-c2ccccc21)N1CC(O)C(O)C1. The third kappa shape index (κ3) is 2.46. The van der Waals surface area contributed by atoms with Crippen LogP contribution < -0.4 is 0 Å². The summed E-state index contributed by atoms with van der Waals surface area (Å²) in [6.45, 7) is 0.464. The summed E-state index contributed by atoms with van der Waals surface area (Å²) in [5, 5.41) is 19.1. The first-order chi connectivity index (χ1) is 11.6. The quantitative estimate of drug-likeness (QED) is 0.886. The van der Waals surface area contributed by atoms with Gasteiger partial charge in [-0.3, -0.25) is 0 Å². The lowest BCUT2D eigenvalue weighted by molar-refractivity contribution is 0.0572. The zero-order chi connectivity index (χ0) is 16.7. The summed E-state index contributed by atoms with van der Waals surface area (Å²) < 4.78 is 5.49. The van der Waals surface area contributed by atoms with Gasteiger partial charge in [0.1, 0.15) is 6.61 Å². The summed E-state index contributed by atoms with van der Waals surface area (Å²) in [6, 6.07) is 16.3. The van der Waals surface area contributed by atoms with Gasteiger partial charge in [-0.15, -0.1) is 0 Å². The van der Waals surface area contributed by atoms with Gasteiger partial charge in [0.15, 0.2) is 0 Å². The van der Waals surface area contributed by atoms with Crippen molar-refractivity contribution in [1.29, 1.82) is 0 Å². The van der Waals surface area contributed by atoms with Crippen LogP contribution in [0.25, 0.3) is 11.1 Å². The minimum absolute atomic E-state index is 0.0128. The largest absolute Gasteiger partial charge is 0.448 e. The van der Waals surface area contributed by atoms with Crippen LogP contribution in [-0.2, 0) is 4.74 Å². The van der Waals surface area contributed by atoms with E-state index in [2.05, 4.69) is 24.3 Å². The first kappa shape index (κ1) is 15.2. The first-order valence-corrected chi connectivity index (χ1v) is 8.11. The van der Waals surface area contributed by atoms with Crippen LogP contribution in [0, 0.1) is 0 Å². The van der Waals surface area contributed by atoms with Crippen molar-refractivity contribution >= 4 is 6.09 Å². The number of ether oxygens (including phenoxy) is 1. The van der Waals surface area contributed by atoms with Gasteiger partial charge in [0, 0.05) is 5.92 Å². The number of aliphatic hydroxyl groups excluding tert-OH is 2. The highest BCUT2D eigenvalue weighted by Crippen LogP contribution is 2.44. The molecule has 5 nitrogen and oxygen atoms in total. The number of benzene rings is 2. The van der Waals surface area contributed by atoms with Crippen molar-refractivity contribution < 1.29 is 19.7 Å². The molecule has 4 rings (SSSR count). The summed E-state index contributed by atoms with van der Waals surface area (Å²) in [4.78, 5) is 13.5. The minimum atomic E-state index is -0.898. The van der Waals surface area contributed by atoms with E-state index >= 15 is 0 Å². The van der Waals surface area contributed by atoms with Crippen molar-refractivity contribution in [2.24, 2.45) is 0 Å². The zero-order valence-corrected chi connectivity index (χ0v) is 13.1. The van der Waals surface area contributed by atoms with Crippen molar-refractivity contribution in [3.05, 3.63) is 59.7 Å². The molecule has 0 bridgehead atoms. The minimum Gasteiger partial charge on any atom is -0.448 e. The predicted molar refractivity (Wildman–Crippen MR) is 88.7 cm³/mol. The van der Waals surface area contributed by atoms with E-state index in [0.717, 1.165) is 11.1 Å². The van der Waals surface area contributed by atoms with Crippen molar-refractivity contribution in [1.82, 2.24) is 4.90 Å². The second-order valence-corrected chi connectivity index (χ2v) is 6.34. The lowest BCUT2D eigenvalue weighted by atomic mass is 9.98. The smallest absolute Gasteiger partial charge is 0.409 e. The monoisotopic (exact) mass is 325 g/mol. The fourth-order valence-electron chi connectivity index (χ4n) is 3.60. The highest BCUT2D eigenvalue weighted by atomic mass is 16.6. The molecular weight excluding hydrogens is 306 g/mol. The van der Waals surface area contributed by atoms with E-state index in [9.17, 15) is 15.0 Å². The molecule has 2 aliphatic rings. The Morgan fingerprint density at radius 2 is 1.46 bits per heavy atom. The number of hydrogen-bond donors (Lipinski definition) is 2. The number of β-amino-alcohol motifs (C(OH)–C–C–N with tert-alkyl or cyclic N) is 2. The van der Waals surface area contributed by atoms with E-state index in [1.165, 1.54) is 16.0 Å². The van der Waals surface area contributed by atoms with E-state index < -0.39 is 18.3 Å². The van der Waals surface area contributed by atoms with Crippen molar-refractivity contribution in [3.8, 4) is 11.1 Å². The summed E-state index contributed by atoms with van der Waals surface area (Å²) in [5.41, 5.74) is 4.68. The first-order valence-electron chi connectivity index (χ1n) is 8.11. The Balaban J connectivity index is 1.52. The number of fused-ring (bicyclic) bond motifs is 3. The highest BCUT2D eigenvalue weighted by molar-refractivity contribution is 5.79. The Morgan fingerprint density at radius 1 is 0.958 bits per heavy atom. The summed E-state index contributed by atoms with van der Waals surface area (Å²) in [7, 11) is 0. The van der Waals surface area contributed by atoms with Gasteiger partial charge in [-0.1, -0.05) is 48.5 Å². The number of likely N-dealkylation sites (tertiary alicyclic amines) is 1. The van der Waals surface area contributed by atoms with Crippen molar-refractivity contribution in [2.75, 3.05) is 19.7 Å². The molecule has 0 aromatic heterocycles. The molecular formula is C19H19NO4. The van der Waals surface area contributed by atoms with Crippen LogP contribution >= 0.6 is 0 Å². The second-order valence-electron chi connectivity index (χ2n) is 6.34. The second kappa shape index (κ2) is 5.92. The zero-order valence-electron chi connectivity index (χ0n) is 13.1. The third-order valence-electron chi connectivity index (χ3n) is 4.85. The van der Waals surface area contributed by atoms with Crippen LogP contribution in [0.2, 0.25) is 0 Å². The van der Waals surface area contributed by atoms with Gasteiger partial charge >= 0.3 is 6.09 Å². The van der Waals surface area contributed by atoms with Crippen LogP contribution in [0.1, 0.15) is 17.0 Å². The lowest BCUT2D eigenvalue weighted by Crippen LogP contribution is -2.31. The number of hydrogen-bond acceptors (Lipinski definition) is 4. The van der Waals surface area contributed by atoms with Crippen LogP contribution in [-0.4, -0.2) is 53.1 Å². The molecule has 124 valence electrons. The molecule has 0 saturated carbocycles. The molecule has 0 radical (unpaired) electrons. The third-order valence-corrected chi connectivity index (χ3v) is 4.85. The molecule has 2 N–H and O–H groups in total. The maximum atomic E-state index is 12.2. The maximum Gasteiger partial charge on any atom is 0.409 e. The molecule has 24 heavy (non-hydrogen) atoms. The van der Waals surface area contributed by atoms with Gasteiger partial charge in [-0.25, -0.2) is 4.79 Å². The molecule has 1 fully saturated rings. The number of nitrogens with zero attached hydrogens (tertiary/aromatic N) is 1. The Hall–Kier alpha value is -2.37. The molecule has 5 heteroatoms. The highest BCUT2D eigenvalue weighted by Gasteiger charge is 2.35. The van der Waals surface area contributed by atoms with E-state index in [4.69, 9.17) is 4.74 Å². The molecule has 1 aliphatic carbocycles. The van der Waals surface area contributed by atoms with Gasteiger partial charge < -0.3 is 19.8 Å². The number of carbonyl (C=O) groups is 1. The van der Waals surface area contributed by atoms with Crippen molar-refractivity contribution in [2.45, 2.75) is 18.1 Å². The molecule has 2 aromatic rings. The van der Waals surface area contributed by atoms with Crippen LogP contribution in [0.15, 0.2) is 48.5 Å². The van der Waals surface area contributed by atoms with Crippen LogP contribution in [0.4, 0.5) is 4.79 Å². The summed E-state index contributed by atoms with van der Waals surface area (Å²) >= 11 is 0. The molecule has 2 unspecified atom stereocenters. The average molecular weight is 325 g/mol. The molecule has 2 aromatic carbocycles. The Kier molecular flexibility index (Phi) is 3.75. The number of aliphatic hydroxyl groups is 2. The number of amides is 1. The average Bonchev–Trinajstić information content (AvgIpc) is 3.11. The Morgan fingerprint density at radius 3 is 2.00 bits per heavy atom. The van der Waals surface area contributed by atoms with Crippen LogP contribution in [0.3, 0.4) is 0 Å². The summed E-state index contributed by atoms with van der Waals surface area (Å²) in [5.74, 6) is 0.0128. The van der Waals surface area contributed by atoms with Crippen LogP contribution in [0.5, 0.6) is 0 Å². The van der Waals surface area contributed by atoms with E-state index in [-0.39, 0.29) is 25.6 Å². The molecule has 0 spiro atoms. The van der Waals surface area contributed by atoms with E-state index in [0.29, 0.717) is 0 Å². The molecule has 2 atom stereocenters. The van der Waals surface area contributed by atoms with Gasteiger partial charge in [0.05, 0.1) is 25.3 Å². The van der Waals surface area contributed by atoms with Crippen molar-refractivity contribution in [3.63, 3.8) is 0 Å². The lowest BCUT2D eigenvalue weighted by Gasteiger charge is -2.18. The predicted octanol–water partition coefficient (Wildman–Crippen LogP) is 1.97.